The summed E-state index contributed by atoms with van der Waals surface area (Å²) < 4.78 is 20.4. The number of aryl methyl sites for hydroxylation is 1. The van der Waals surface area contributed by atoms with Crippen LogP contribution in [0.3, 0.4) is 0 Å². The van der Waals surface area contributed by atoms with Gasteiger partial charge in [-0.25, -0.2) is 4.39 Å². The maximum Gasteiger partial charge on any atom is 0.265 e. The third-order valence-corrected chi connectivity index (χ3v) is 5.43. The van der Waals surface area contributed by atoms with Crippen LogP contribution in [0.25, 0.3) is 0 Å². The van der Waals surface area contributed by atoms with E-state index in [4.69, 9.17) is 4.74 Å². The number of amides is 1. The van der Waals surface area contributed by atoms with Crippen LogP contribution in [0, 0.1) is 12.7 Å². The second kappa shape index (κ2) is 8.92. The molecule has 2 heterocycles. The van der Waals surface area contributed by atoms with Crippen molar-refractivity contribution >= 4 is 22.9 Å². The molecular formula is C23H20FN3O2S. The monoisotopic (exact) mass is 421 g/mol. The summed E-state index contributed by atoms with van der Waals surface area (Å²) in [7, 11) is 0. The highest BCUT2D eigenvalue weighted by atomic mass is 32.1. The van der Waals surface area contributed by atoms with Gasteiger partial charge in [0.2, 0.25) is 0 Å². The molecule has 4 rings (SSSR count). The molecule has 0 saturated carbocycles. The van der Waals surface area contributed by atoms with Crippen molar-refractivity contribution in [1.29, 1.82) is 0 Å². The molecule has 2 aromatic carbocycles. The van der Waals surface area contributed by atoms with E-state index < -0.39 is 0 Å². The first-order valence-corrected chi connectivity index (χ1v) is 10.3. The molecule has 0 aliphatic carbocycles. The summed E-state index contributed by atoms with van der Waals surface area (Å²) in [6.07, 6.45) is 3.45. The minimum absolute atomic E-state index is 0.192. The minimum Gasteiger partial charge on any atom is -0.489 e. The van der Waals surface area contributed by atoms with Gasteiger partial charge in [-0.05, 0) is 48.2 Å². The van der Waals surface area contributed by atoms with Crippen LogP contribution in [0.1, 0.15) is 26.4 Å². The Bertz CT molecular complexity index is 1130. The summed E-state index contributed by atoms with van der Waals surface area (Å²) in [4.78, 5) is 13.1. The summed E-state index contributed by atoms with van der Waals surface area (Å²) in [6, 6.07) is 15.9. The Morgan fingerprint density at radius 3 is 2.67 bits per heavy atom. The van der Waals surface area contributed by atoms with Crippen molar-refractivity contribution in [1.82, 2.24) is 9.78 Å². The Morgan fingerprint density at radius 2 is 1.90 bits per heavy atom. The van der Waals surface area contributed by atoms with Gasteiger partial charge in [-0.3, -0.25) is 9.48 Å². The second-order valence-corrected chi connectivity index (χ2v) is 7.84. The van der Waals surface area contributed by atoms with Gasteiger partial charge in [0.1, 0.15) is 18.2 Å². The first kappa shape index (κ1) is 19.8. The Balaban J connectivity index is 1.32. The number of carbonyl (C=O) groups is 1. The summed E-state index contributed by atoms with van der Waals surface area (Å²) in [5.41, 5.74) is 3.88. The molecule has 5 nitrogen and oxygen atoms in total. The molecule has 30 heavy (non-hydrogen) atoms. The standard InChI is InChI=1S/C23H20FN3O2S/c1-16-2-4-17(5-3-16)12-27-13-20(11-25-27)26-23(28)22-10-18(15-30-22)14-29-21-8-6-19(24)7-9-21/h2-11,13,15H,12,14H2,1H3,(H,26,28). The second-order valence-electron chi connectivity index (χ2n) is 6.93. The van der Waals surface area contributed by atoms with Crippen LogP contribution in [0.2, 0.25) is 0 Å². The molecule has 0 saturated heterocycles. The molecule has 7 heteroatoms. The van der Waals surface area contributed by atoms with E-state index in [-0.39, 0.29) is 11.7 Å². The SMILES string of the molecule is Cc1ccc(Cn2cc(NC(=O)c3cc(COc4ccc(F)cc4)cs3)cn2)cc1. The van der Waals surface area contributed by atoms with Gasteiger partial charge in [0.05, 0.1) is 23.3 Å². The number of hydrogen-bond donors (Lipinski definition) is 1. The molecule has 0 spiro atoms. The van der Waals surface area contributed by atoms with Gasteiger partial charge in [-0.15, -0.1) is 11.3 Å². The number of hydrogen-bond acceptors (Lipinski definition) is 4. The maximum atomic E-state index is 12.9. The van der Waals surface area contributed by atoms with Crippen molar-refractivity contribution in [2.45, 2.75) is 20.1 Å². The minimum atomic E-state index is -0.306. The van der Waals surface area contributed by atoms with Crippen molar-refractivity contribution < 1.29 is 13.9 Å². The van der Waals surface area contributed by atoms with E-state index in [2.05, 4.69) is 41.6 Å². The normalized spacial score (nSPS) is 10.7. The van der Waals surface area contributed by atoms with Gasteiger partial charge in [-0.2, -0.15) is 5.10 Å². The van der Waals surface area contributed by atoms with Gasteiger partial charge in [0.25, 0.3) is 5.91 Å². The van der Waals surface area contributed by atoms with Crippen LogP contribution in [0.15, 0.2) is 72.4 Å². The van der Waals surface area contributed by atoms with E-state index in [1.807, 2.05) is 11.6 Å². The molecule has 1 N–H and O–H groups in total. The highest BCUT2D eigenvalue weighted by molar-refractivity contribution is 7.12. The molecule has 0 radical (unpaired) electrons. The van der Waals surface area contributed by atoms with Gasteiger partial charge < -0.3 is 10.1 Å². The lowest BCUT2D eigenvalue weighted by atomic mass is 10.1. The largest absolute Gasteiger partial charge is 0.489 e. The molecule has 4 aromatic rings. The van der Waals surface area contributed by atoms with Crippen LogP contribution < -0.4 is 10.1 Å². The maximum absolute atomic E-state index is 12.9. The van der Waals surface area contributed by atoms with Crippen LogP contribution in [-0.2, 0) is 13.2 Å². The molecule has 1 amide bonds. The topological polar surface area (TPSA) is 56.2 Å². The number of aromatic nitrogens is 2. The molecule has 2 aromatic heterocycles. The predicted octanol–water partition coefficient (Wildman–Crippen LogP) is 5.27. The average molecular weight is 421 g/mol. The van der Waals surface area contributed by atoms with E-state index in [9.17, 15) is 9.18 Å². The molecule has 0 fully saturated rings. The number of nitrogens with zero attached hydrogens (tertiary/aromatic N) is 2. The first-order valence-electron chi connectivity index (χ1n) is 9.40. The Kier molecular flexibility index (Phi) is 5.90. The number of ether oxygens (including phenoxy) is 1. The van der Waals surface area contributed by atoms with Gasteiger partial charge in [-0.1, -0.05) is 29.8 Å². The molecule has 0 aliphatic rings. The summed E-state index contributed by atoms with van der Waals surface area (Å²) in [5.74, 6) is 0.0801. The van der Waals surface area contributed by atoms with Crippen LogP contribution in [0.4, 0.5) is 10.1 Å². The number of halogens is 1. The number of benzene rings is 2. The summed E-state index contributed by atoms with van der Waals surface area (Å²) >= 11 is 1.35. The molecule has 0 atom stereocenters. The Labute approximate surface area is 177 Å². The zero-order valence-corrected chi connectivity index (χ0v) is 17.2. The van der Waals surface area contributed by atoms with Crippen molar-refractivity contribution in [3.63, 3.8) is 0 Å². The van der Waals surface area contributed by atoms with Gasteiger partial charge >= 0.3 is 0 Å². The van der Waals surface area contributed by atoms with Crippen molar-refractivity contribution in [3.8, 4) is 5.75 Å². The van der Waals surface area contributed by atoms with E-state index >= 15 is 0 Å². The fourth-order valence-corrected chi connectivity index (χ4v) is 3.65. The van der Waals surface area contributed by atoms with E-state index in [0.717, 1.165) is 11.1 Å². The van der Waals surface area contributed by atoms with E-state index in [1.165, 1.54) is 29.0 Å². The predicted molar refractivity (Wildman–Crippen MR) is 116 cm³/mol. The Morgan fingerprint density at radius 1 is 1.13 bits per heavy atom. The highest BCUT2D eigenvalue weighted by Gasteiger charge is 2.11. The zero-order chi connectivity index (χ0) is 20.9. The third kappa shape index (κ3) is 5.12. The lowest BCUT2D eigenvalue weighted by Gasteiger charge is -2.04. The molecule has 0 unspecified atom stereocenters. The lowest BCUT2D eigenvalue weighted by molar-refractivity contribution is 0.103. The molecule has 152 valence electrons. The zero-order valence-electron chi connectivity index (χ0n) is 16.3. The van der Waals surface area contributed by atoms with Gasteiger partial charge in [0.15, 0.2) is 0 Å². The third-order valence-electron chi connectivity index (χ3n) is 4.45. The fourth-order valence-electron chi connectivity index (χ4n) is 2.86. The van der Waals surface area contributed by atoms with Crippen molar-refractivity contribution in [3.05, 3.63) is 99.8 Å². The number of thiophene rings is 1. The molecule has 0 bridgehead atoms. The van der Waals surface area contributed by atoms with Crippen LogP contribution in [-0.4, -0.2) is 15.7 Å². The Hall–Kier alpha value is -3.45. The molecule has 0 aliphatic heterocycles. The van der Waals surface area contributed by atoms with Crippen molar-refractivity contribution in [2.75, 3.05) is 5.32 Å². The van der Waals surface area contributed by atoms with Crippen LogP contribution in [0.5, 0.6) is 5.75 Å². The first-order chi connectivity index (χ1) is 14.5. The fraction of sp³-hybridized carbons (Fsp3) is 0.130. The number of carbonyl (C=O) groups excluding carboxylic acids is 1. The quantitative estimate of drug-likeness (QED) is 0.442. The highest BCUT2D eigenvalue weighted by Crippen LogP contribution is 2.20. The van der Waals surface area contributed by atoms with Crippen molar-refractivity contribution in [2.24, 2.45) is 0 Å². The van der Waals surface area contributed by atoms with E-state index in [1.54, 1.807) is 29.1 Å². The summed E-state index contributed by atoms with van der Waals surface area (Å²) in [6.45, 7) is 3.00. The summed E-state index contributed by atoms with van der Waals surface area (Å²) in [5, 5.41) is 9.06. The smallest absolute Gasteiger partial charge is 0.265 e. The lowest BCUT2D eigenvalue weighted by Crippen LogP contribution is -2.09. The van der Waals surface area contributed by atoms with Crippen LogP contribution >= 0.6 is 11.3 Å². The number of anilines is 1. The molecular weight excluding hydrogens is 401 g/mol. The number of nitrogens with one attached hydrogen (secondary N) is 1. The average Bonchev–Trinajstić information content (AvgIpc) is 3.39. The number of rotatable bonds is 7. The van der Waals surface area contributed by atoms with Gasteiger partial charge in [0, 0.05) is 11.8 Å². The van der Waals surface area contributed by atoms with E-state index in [0.29, 0.717) is 29.5 Å².